The summed E-state index contributed by atoms with van der Waals surface area (Å²) in [6, 6.07) is 22.3. The monoisotopic (exact) mass is 549 g/mol. The minimum atomic E-state index is -0.679. The molecular weight excluding hydrogens is 522 g/mol. The van der Waals surface area contributed by atoms with Crippen LogP contribution in [0.4, 0.5) is 11.5 Å². The van der Waals surface area contributed by atoms with Crippen LogP contribution >= 0.6 is 0 Å². The van der Waals surface area contributed by atoms with E-state index >= 15 is 0 Å². The first kappa shape index (κ1) is 27.2. The third kappa shape index (κ3) is 5.96. The first-order valence-corrected chi connectivity index (χ1v) is 13.2. The zero-order valence-electron chi connectivity index (χ0n) is 22.3. The van der Waals surface area contributed by atoms with Crippen LogP contribution in [0.2, 0.25) is 0 Å². The predicted octanol–water partition coefficient (Wildman–Crippen LogP) is 6.48. The summed E-state index contributed by atoms with van der Waals surface area (Å²) in [5.41, 5.74) is 2.52. The van der Waals surface area contributed by atoms with Gasteiger partial charge in [0.05, 0.1) is 28.3 Å². The number of nitrogens with one attached hydrogen (secondary N) is 1. The first-order valence-electron chi connectivity index (χ1n) is 13.2. The fourth-order valence-corrected chi connectivity index (χ4v) is 4.44. The second-order valence-electron chi connectivity index (χ2n) is 9.30. The Morgan fingerprint density at radius 1 is 0.976 bits per heavy atom. The van der Waals surface area contributed by atoms with Gasteiger partial charge < -0.3 is 10.1 Å². The maximum absolute atomic E-state index is 13.6. The summed E-state index contributed by atoms with van der Waals surface area (Å²) in [6.07, 6.45) is 5.51. The lowest BCUT2D eigenvalue weighted by Gasteiger charge is -2.12. The van der Waals surface area contributed by atoms with Gasteiger partial charge in [0.2, 0.25) is 5.91 Å². The number of fused-ring (bicyclic) bond motifs is 2. The van der Waals surface area contributed by atoms with E-state index in [2.05, 4.69) is 5.32 Å². The Labute approximate surface area is 235 Å². The van der Waals surface area contributed by atoms with Crippen LogP contribution < -0.4 is 5.32 Å². The number of aromatic nitrogens is 3. The molecule has 0 aliphatic carbocycles. The van der Waals surface area contributed by atoms with Crippen molar-refractivity contribution in [1.82, 2.24) is 14.5 Å². The molecule has 0 bridgehead atoms. The number of carbonyl (C=O) groups is 2. The number of nitrogens with zero attached hydrogens (tertiary/aromatic N) is 4. The van der Waals surface area contributed by atoms with Crippen molar-refractivity contribution in [2.24, 2.45) is 0 Å². The molecule has 0 saturated heterocycles. The zero-order valence-corrected chi connectivity index (χ0v) is 22.3. The van der Waals surface area contributed by atoms with Gasteiger partial charge in [0, 0.05) is 18.2 Å². The highest BCUT2D eigenvalue weighted by molar-refractivity contribution is 6.13. The van der Waals surface area contributed by atoms with Crippen molar-refractivity contribution in [2.75, 3.05) is 11.9 Å². The molecule has 0 saturated carbocycles. The average Bonchev–Trinajstić information content (AvgIpc) is 3.29. The minimum Gasteiger partial charge on any atom is -0.462 e. The quantitative estimate of drug-likeness (QED) is 0.0694. The third-order valence-corrected chi connectivity index (χ3v) is 6.41. The molecule has 2 heterocycles. The van der Waals surface area contributed by atoms with E-state index in [1.165, 1.54) is 28.8 Å². The Hall–Kier alpha value is -5.38. The SMILES string of the molecule is CCCCCOC(=O)c1c(NC(=O)/C=C/c2ccccc2)n(-c2cccc([N+](=O)[O-])c2)c2nc3ccccc3nc12. The number of amides is 1. The summed E-state index contributed by atoms with van der Waals surface area (Å²) in [4.78, 5) is 47.4. The van der Waals surface area contributed by atoms with Gasteiger partial charge in [-0.2, -0.15) is 0 Å². The second kappa shape index (κ2) is 12.2. The summed E-state index contributed by atoms with van der Waals surface area (Å²) < 4.78 is 7.11. The number of unbranched alkanes of at least 4 members (excludes halogenated alkanes) is 2. The van der Waals surface area contributed by atoms with Crippen LogP contribution in [0.15, 0.2) is 84.9 Å². The highest BCUT2D eigenvalue weighted by atomic mass is 16.6. The molecule has 0 atom stereocenters. The van der Waals surface area contributed by atoms with Gasteiger partial charge in [0.15, 0.2) is 5.65 Å². The molecule has 10 heteroatoms. The lowest BCUT2D eigenvalue weighted by atomic mass is 10.2. The lowest BCUT2D eigenvalue weighted by molar-refractivity contribution is -0.384. The van der Waals surface area contributed by atoms with E-state index in [4.69, 9.17) is 14.7 Å². The van der Waals surface area contributed by atoms with Crippen LogP contribution in [-0.2, 0) is 9.53 Å². The molecule has 206 valence electrons. The number of carbonyl (C=O) groups excluding carboxylic acids is 2. The van der Waals surface area contributed by atoms with Gasteiger partial charge in [-0.15, -0.1) is 0 Å². The Morgan fingerprint density at radius 2 is 1.71 bits per heavy atom. The van der Waals surface area contributed by atoms with E-state index in [0.717, 1.165) is 18.4 Å². The van der Waals surface area contributed by atoms with Gasteiger partial charge in [0.25, 0.3) is 5.69 Å². The summed E-state index contributed by atoms with van der Waals surface area (Å²) in [5.74, 6) is -1.14. The van der Waals surface area contributed by atoms with Crippen LogP contribution in [0.5, 0.6) is 0 Å². The molecule has 2 aromatic heterocycles. The molecule has 0 spiro atoms. The Morgan fingerprint density at radius 3 is 2.44 bits per heavy atom. The van der Waals surface area contributed by atoms with Crippen LogP contribution in [0.1, 0.15) is 42.1 Å². The number of hydrogen-bond donors (Lipinski definition) is 1. The molecule has 1 amide bonds. The standard InChI is InChI=1S/C31H27N5O5/c1-2-3-9-19-41-31(38)27-28-30(33-25-16-8-7-15-24(25)32-28)35(22-13-10-14-23(20-22)36(39)40)29(27)34-26(37)18-17-21-11-5-4-6-12-21/h4-8,10-18,20H,2-3,9,19H2,1H3,(H,34,37)/b18-17+. The van der Waals surface area contributed by atoms with Gasteiger partial charge in [0.1, 0.15) is 16.9 Å². The fourth-order valence-electron chi connectivity index (χ4n) is 4.44. The van der Waals surface area contributed by atoms with Crippen molar-refractivity contribution in [2.45, 2.75) is 26.2 Å². The topological polar surface area (TPSA) is 129 Å². The lowest BCUT2D eigenvalue weighted by Crippen LogP contribution is -2.16. The van der Waals surface area contributed by atoms with Crippen LogP contribution in [-0.4, -0.2) is 37.9 Å². The maximum Gasteiger partial charge on any atom is 0.344 e. The summed E-state index contributed by atoms with van der Waals surface area (Å²) in [6.45, 7) is 2.24. The highest BCUT2D eigenvalue weighted by Gasteiger charge is 2.29. The summed E-state index contributed by atoms with van der Waals surface area (Å²) >= 11 is 0. The maximum atomic E-state index is 13.6. The molecule has 0 fully saturated rings. The van der Waals surface area contributed by atoms with Crippen LogP contribution in [0.25, 0.3) is 34.0 Å². The van der Waals surface area contributed by atoms with Gasteiger partial charge >= 0.3 is 5.97 Å². The highest BCUT2D eigenvalue weighted by Crippen LogP contribution is 2.34. The first-order chi connectivity index (χ1) is 20.0. The molecule has 5 rings (SSSR count). The van der Waals surface area contributed by atoms with E-state index in [9.17, 15) is 19.7 Å². The molecule has 5 aromatic rings. The number of anilines is 1. The van der Waals surface area contributed by atoms with Crippen molar-refractivity contribution in [3.63, 3.8) is 0 Å². The number of nitro groups is 1. The molecule has 0 unspecified atom stereocenters. The number of ether oxygens (including phenoxy) is 1. The molecule has 0 radical (unpaired) electrons. The average molecular weight is 550 g/mol. The van der Waals surface area contributed by atoms with E-state index in [1.807, 2.05) is 43.3 Å². The molecular formula is C31H27N5O5. The normalized spacial score (nSPS) is 11.2. The number of esters is 1. The van der Waals surface area contributed by atoms with Crippen molar-refractivity contribution < 1.29 is 19.2 Å². The van der Waals surface area contributed by atoms with E-state index in [0.29, 0.717) is 23.1 Å². The van der Waals surface area contributed by atoms with Crippen molar-refractivity contribution in [3.8, 4) is 5.69 Å². The molecule has 0 aliphatic rings. The minimum absolute atomic E-state index is 0.0164. The van der Waals surface area contributed by atoms with Gasteiger partial charge in [-0.05, 0) is 36.3 Å². The number of para-hydroxylation sites is 2. The number of nitro benzene ring substituents is 1. The van der Waals surface area contributed by atoms with E-state index in [-0.39, 0.29) is 34.8 Å². The number of rotatable bonds is 10. The molecule has 10 nitrogen and oxygen atoms in total. The van der Waals surface area contributed by atoms with E-state index < -0.39 is 16.8 Å². The Kier molecular flexibility index (Phi) is 8.10. The predicted molar refractivity (Wildman–Crippen MR) is 157 cm³/mol. The summed E-state index contributed by atoms with van der Waals surface area (Å²) in [7, 11) is 0. The van der Waals surface area contributed by atoms with Crippen LogP contribution in [0.3, 0.4) is 0 Å². The van der Waals surface area contributed by atoms with Gasteiger partial charge in [-0.1, -0.05) is 68.3 Å². The Balaban J connectivity index is 1.71. The van der Waals surface area contributed by atoms with Crippen LogP contribution in [0, 0.1) is 10.1 Å². The number of benzene rings is 3. The zero-order chi connectivity index (χ0) is 28.8. The molecule has 3 aromatic carbocycles. The number of non-ortho nitro benzene ring substituents is 1. The van der Waals surface area contributed by atoms with E-state index in [1.54, 1.807) is 30.3 Å². The smallest absolute Gasteiger partial charge is 0.344 e. The van der Waals surface area contributed by atoms with Crippen molar-refractivity contribution >= 4 is 51.7 Å². The van der Waals surface area contributed by atoms with Gasteiger partial charge in [-0.3, -0.25) is 19.5 Å². The van der Waals surface area contributed by atoms with Gasteiger partial charge in [-0.25, -0.2) is 14.8 Å². The molecule has 0 aliphatic heterocycles. The number of hydrogen-bond acceptors (Lipinski definition) is 7. The summed E-state index contributed by atoms with van der Waals surface area (Å²) in [5, 5.41) is 14.4. The second-order valence-corrected chi connectivity index (χ2v) is 9.30. The third-order valence-electron chi connectivity index (χ3n) is 6.41. The fraction of sp³-hybridized carbons (Fsp3) is 0.161. The largest absolute Gasteiger partial charge is 0.462 e. The Bertz CT molecular complexity index is 1780. The molecule has 1 N–H and O–H groups in total. The van der Waals surface area contributed by atoms with Crippen molar-refractivity contribution in [1.29, 1.82) is 0 Å². The molecule has 41 heavy (non-hydrogen) atoms. The van der Waals surface area contributed by atoms with Crippen molar-refractivity contribution in [3.05, 3.63) is 106 Å².